The first-order valence-corrected chi connectivity index (χ1v) is 7.11. The van der Waals surface area contributed by atoms with Crippen LogP contribution in [0.2, 0.25) is 0 Å². The monoisotopic (exact) mass is 265 g/mol. The fourth-order valence-electron chi connectivity index (χ4n) is 3.00. The zero-order valence-electron chi connectivity index (χ0n) is 11.7. The third kappa shape index (κ3) is 2.58. The van der Waals surface area contributed by atoms with Crippen LogP contribution in [0.25, 0.3) is 0 Å². The Kier molecular flexibility index (Phi) is 3.76. The van der Waals surface area contributed by atoms with Crippen LogP contribution >= 0.6 is 12.2 Å². The molecule has 3 rings (SSSR count). The highest BCUT2D eigenvalue weighted by molar-refractivity contribution is 7.80. The van der Waals surface area contributed by atoms with Crippen molar-refractivity contribution in [3.8, 4) is 0 Å². The second-order valence-corrected chi connectivity index (χ2v) is 6.65. The highest BCUT2D eigenvalue weighted by Crippen LogP contribution is 2.58. The van der Waals surface area contributed by atoms with Gasteiger partial charge in [0, 0.05) is 6.04 Å². The van der Waals surface area contributed by atoms with Gasteiger partial charge in [0.15, 0.2) is 5.11 Å². The smallest absolute Gasteiger partial charge is 0.187 e. The minimum Gasteiger partial charge on any atom is -0.359 e. The number of nitrogens with zero attached hydrogens (tertiary/aromatic N) is 1. The molecule has 0 aromatic heterocycles. The van der Waals surface area contributed by atoms with Crippen LogP contribution in [0.3, 0.4) is 0 Å². The molecular weight excluding hydrogens is 242 g/mol. The van der Waals surface area contributed by atoms with Crippen molar-refractivity contribution in [1.82, 2.24) is 10.7 Å². The zero-order chi connectivity index (χ0) is 13.3. The first kappa shape index (κ1) is 13.5. The molecule has 0 radical (unpaired) electrons. The van der Waals surface area contributed by atoms with Crippen LogP contribution in [0, 0.1) is 17.3 Å². The van der Waals surface area contributed by atoms with E-state index < -0.39 is 0 Å². The van der Waals surface area contributed by atoms with Crippen LogP contribution in [0.5, 0.6) is 0 Å². The zero-order valence-corrected chi connectivity index (χ0v) is 12.5. The second-order valence-electron chi connectivity index (χ2n) is 6.24. The summed E-state index contributed by atoms with van der Waals surface area (Å²) in [5.74, 6) is 1.55. The van der Waals surface area contributed by atoms with Gasteiger partial charge in [-0.15, -0.1) is 0 Å². The summed E-state index contributed by atoms with van der Waals surface area (Å²) in [6.07, 6.45) is 6.78. The van der Waals surface area contributed by atoms with Gasteiger partial charge in [0.1, 0.15) is 0 Å². The number of thiocarbonyl (C=S) groups is 1. The molecule has 2 N–H and O–H groups in total. The van der Waals surface area contributed by atoms with Gasteiger partial charge in [-0.05, 0) is 61.7 Å². The van der Waals surface area contributed by atoms with Crippen LogP contribution in [-0.4, -0.2) is 17.4 Å². The molecule has 0 aromatic rings. The Morgan fingerprint density at radius 3 is 2.83 bits per heavy atom. The molecule has 100 valence electrons. The maximum absolute atomic E-state index is 5.13. The van der Waals surface area contributed by atoms with Gasteiger partial charge >= 0.3 is 0 Å². The van der Waals surface area contributed by atoms with E-state index in [-0.39, 0.29) is 0 Å². The van der Waals surface area contributed by atoms with E-state index in [0.29, 0.717) is 22.5 Å². The molecule has 2 bridgehead atoms. The summed E-state index contributed by atoms with van der Waals surface area (Å²) >= 11 is 5.13. The predicted octanol–water partition coefficient (Wildman–Crippen LogP) is 2.84. The summed E-state index contributed by atoms with van der Waals surface area (Å²) < 4.78 is 0. The Bertz CT molecular complexity index is 396. The Hall–Kier alpha value is -0.900. The van der Waals surface area contributed by atoms with Gasteiger partial charge in [-0.1, -0.05) is 19.9 Å². The Morgan fingerprint density at radius 2 is 2.28 bits per heavy atom. The molecule has 0 unspecified atom stereocenters. The molecule has 18 heavy (non-hydrogen) atoms. The molecule has 0 saturated heterocycles. The van der Waals surface area contributed by atoms with Gasteiger partial charge in [-0.3, -0.25) is 5.43 Å². The average molecular weight is 265 g/mol. The lowest BCUT2D eigenvalue weighted by molar-refractivity contribution is -0.00126. The van der Waals surface area contributed by atoms with Crippen molar-refractivity contribution >= 4 is 23.5 Å². The Balaban J connectivity index is 1.87. The summed E-state index contributed by atoms with van der Waals surface area (Å²) in [4.78, 5) is 0. The topological polar surface area (TPSA) is 36.4 Å². The minimum absolute atomic E-state index is 0.334. The fourth-order valence-corrected chi connectivity index (χ4v) is 3.29. The molecule has 1 fully saturated rings. The number of fused-ring (bicyclic) bond motifs is 1. The standard InChI is InChI=1S/C14H23N3S/c1-9(2)16-13(18)17-15-8-10-5-6-11-7-12(10)14(11,3)4/h5,8-9,11-12H,6-7H2,1-4H3,(H2,16,17,18)/b15-8-/t11-,12-/m0/s1. The molecule has 4 heteroatoms. The number of hydrogen-bond acceptors (Lipinski definition) is 2. The van der Waals surface area contributed by atoms with Gasteiger partial charge in [-0.2, -0.15) is 5.10 Å². The van der Waals surface area contributed by atoms with Gasteiger partial charge < -0.3 is 5.32 Å². The van der Waals surface area contributed by atoms with Crippen molar-refractivity contribution in [3.63, 3.8) is 0 Å². The highest BCUT2D eigenvalue weighted by Gasteiger charge is 2.50. The predicted molar refractivity (Wildman–Crippen MR) is 80.6 cm³/mol. The van der Waals surface area contributed by atoms with Crippen molar-refractivity contribution in [1.29, 1.82) is 0 Å². The second kappa shape index (κ2) is 5.00. The summed E-state index contributed by atoms with van der Waals surface area (Å²) in [6.45, 7) is 8.84. The molecule has 0 spiro atoms. The Morgan fingerprint density at radius 1 is 1.56 bits per heavy atom. The molecule has 3 nitrogen and oxygen atoms in total. The largest absolute Gasteiger partial charge is 0.359 e. The van der Waals surface area contributed by atoms with Gasteiger partial charge in [-0.25, -0.2) is 0 Å². The number of hydrazone groups is 1. The van der Waals surface area contributed by atoms with Crippen molar-refractivity contribution in [2.75, 3.05) is 0 Å². The third-order valence-electron chi connectivity index (χ3n) is 4.31. The molecular formula is C14H23N3S. The average Bonchev–Trinajstić information content (AvgIpc) is 2.28. The first-order chi connectivity index (χ1) is 8.41. The van der Waals surface area contributed by atoms with Crippen molar-refractivity contribution in [2.45, 2.75) is 46.6 Å². The van der Waals surface area contributed by atoms with E-state index in [2.05, 4.69) is 49.6 Å². The molecule has 2 atom stereocenters. The molecule has 0 aromatic carbocycles. The minimum atomic E-state index is 0.334. The molecule has 1 saturated carbocycles. The summed E-state index contributed by atoms with van der Waals surface area (Å²) in [5, 5.41) is 7.93. The van der Waals surface area contributed by atoms with Crippen LogP contribution in [0.4, 0.5) is 0 Å². The van der Waals surface area contributed by atoms with Gasteiger partial charge in [0.2, 0.25) is 0 Å². The fraction of sp³-hybridized carbons (Fsp3) is 0.714. The summed E-state index contributed by atoms with van der Waals surface area (Å²) in [5.41, 5.74) is 4.69. The normalized spacial score (nSPS) is 28.8. The Labute approximate surface area is 115 Å². The molecule has 0 aliphatic heterocycles. The van der Waals surface area contributed by atoms with Crippen molar-refractivity contribution in [3.05, 3.63) is 11.6 Å². The molecule has 3 aliphatic rings. The van der Waals surface area contributed by atoms with E-state index >= 15 is 0 Å². The number of nitrogens with one attached hydrogen (secondary N) is 2. The van der Waals surface area contributed by atoms with Crippen molar-refractivity contribution < 1.29 is 0 Å². The molecule has 3 aliphatic carbocycles. The lowest BCUT2D eigenvalue weighted by atomic mass is 9.49. The maximum atomic E-state index is 5.13. The van der Waals surface area contributed by atoms with Crippen LogP contribution in [-0.2, 0) is 0 Å². The van der Waals surface area contributed by atoms with Crippen molar-refractivity contribution in [2.24, 2.45) is 22.4 Å². The van der Waals surface area contributed by atoms with E-state index in [4.69, 9.17) is 12.2 Å². The van der Waals surface area contributed by atoms with Crippen LogP contribution in [0.1, 0.15) is 40.5 Å². The summed E-state index contributed by atoms with van der Waals surface area (Å²) in [6, 6.07) is 0.334. The number of hydrogen-bond donors (Lipinski definition) is 2. The first-order valence-electron chi connectivity index (χ1n) is 6.71. The summed E-state index contributed by atoms with van der Waals surface area (Å²) in [7, 11) is 0. The number of allylic oxidation sites excluding steroid dienone is 2. The quantitative estimate of drug-likeness (QED) is 0.468. The number of rotatable bonds is 3. The molecule has 0 amide bonds. The maximum Gasteiger partial charge on any atom is 0.187 e. The van der Waals surface area contributed by atoms with E-state index in [0.717, 1.165) is 5.92 Å². The van der Waals surface area contributed by atoms with E-state index in [1.165, 1.54) is 18.4 Å². The highest BCUT2D eigenvalue weighted by atomic mass is 32.1. The SMILES string of the molecule is CC(C)NC(=S)N/N=C\C1=CC[C@H]2C[C@@H]1C2(C)C. The van der Waals surface area contributed by atoms with Gasteiger partial charge in [0.25, 0.3) is 0 Å². The van der Waals surface area contributed by atoms with Crippen LogP contribution in [0.15, 0.2) is 16.8 Å². The third-order valence-corrected chi connectivity index (χ3v) is 4.52. The van der Waals surface area contributed by atoms with Crippen LogP contribution < -0.4 is 10.7 Å². The molecule has 0 heterocycles. The van der Waals surface area contributed by atoms with E-state index in [1.54, 1.807) is 0 Å². The van der Waals surface area contributed by atoms with E-state index in [9.17, 15) is 0 Å². The van der Waals surface area contributed by atoms with E-state index in [1.807, 2.05) is 6.21 Å². The lowest BCUT2D eigenvalue weighted by Crippen LogP contribution is -2.48. The lowest BCUT2D eigenvalue weighted by Gasteiger charge is -2.55. The van der Waals surface area contributed by atoms with Gasteiger partial charge in [0.05, 0.1) is 6.21 Å².